The van der Waals surface area contributed by atoms with Gasteiger partial charge < -0.3 is 10.2 Å². The normalized spacial score (nSPS) is 19.8. The molecule has 1 aliphatic heterocycles. The van der Waals surface area contributed by atoms with Crippen LogP contribution in [0.3, 0.4) is 0 Å². The number of carbonyl (C=O) groups is 1. The quantitative estimate of drug-likeness (QED) is 0.865. The fraction of sp³-hybridized carbons (Fsp3) is 0.500. The molecular weight excluding hydrogens is 292 g/mol. The fourth-order valence-corrected chi connectivity index (χ4v) is 2.82. The van der Waals surface area contributed by atoms with Gasteiger partial charge in [-0.05, 0) is 44.5 Å². The Hall–Kier alpha value is -0.870. The summed E-state index contributed by atoms with van der Waals surface area (Å²) >= 11 is 3.45. The Kier molecular flexibility index (Phi) is 3.78. The monoisotopic (exact) mass is 310 g/mol. The molecule has 2 rings (SSSR count). The van der Waals surface area contributed by atoms with E-state index in [1.165, 1.54) is 0 Å². The van der Waals surface area contributed by atoms with E-state index in [0.717, 1.165) is 28.8 Å². The van der Waals surface area contributed by atoms with Gasteiger partial charge in [-0.15, -0.1) is 0 Å². The highest BCUT2D eigenvalue weighted by Gasteiger charge is 2.29. The summed E-state index contributed by atoms with van der Waals surface area (Å²) in [5.74, 6) is 0.190. The molecule has 0 aromatic heterocycles. The summed E-state index contributed by atoms with van der Waals surface area (Å²) in [6, 6.07) is 6.04. The van der Waals surface area contributed by atoms with Crippen LogP contribution in [0.1, 0.15) is 25.8 Å². The van der Waals surface area contributed by atoms with Crippen molar-refractivity contribution in [1.82, 2.24) is 5.32 Å². The number of rotatable bonds is 1. The standard InChI is InChI=1S/C14H19BrN2O/c1-10-8-11(15)4-5-12(10)17-7-6-16-14(2,3)9-13(17)18/h4-5,8,16H,6-7,9H2,1-3H3. The van der Waals surface area contributed by atoms with Gasteiger partial charge in [0.15, 0.2) is 0 Å². The number of benzene rings is 1. The maximum Gasteiger partial charge on any atom is 0.228 e. The molecule has 18 heavy (non-hydrogen) atoms. The molecule has 0 saturated carbocycles. The summed E-state index contributed by atoms with van der Waals surface area (Å²) in [5.41, 5.74) is 2.02. The van der Waals surface area contributed by atoms with Gasteiger partial charge in [-0.1, -0.05) is 15.9 Å². The topological polar surface area (TPSA) is 32.3 Å². The Bertz CT molecular complexity index is 471. The molecule has 1 amide bonds. The Labute approximate surface area is 117 Å². The molecular formula is C14H19BrN2O. The van der Waals surface area contributed by atoms with Gasteiger partial charge in [0.1, 0.15) is 0 Å². The number of carbonyl (C=O) groups excluding carboxylic acids is 1. The average Bonchev–Trinajstić information content (AvgIpc) is 2.36. The summed E-state index contributed by atoms with van der Waals surface area (Å²) in [7, 11) is 0. The molecule has 0 bridgehead atoms. The van der Waals surface area contributed by atoms with E-state index in [-0.39, 0.29) is 11.4 Å². The van der Waals surface area contributed by atoms with Crippen molar-refractivity contribution in [3.05, 3.63) is 28.2 Å². The van der Waals surface area contributed by atoms with Crippen molar-refractivity contribution in [1.29, 1.82) is 0 Å². The number of aryl methyl sites for hydroxylation is 1. The molecule has 1 saturated heterocycles. The average molecular weight is 311 g/mol. The van der Waals surface area contributed by atoms with Crippen molar-refractivity contribution in [3.8, 4) is 0 Å². The smallest absolute Gasteiger partial charge is 0.228 e. The van der Waals surface area contributed by atoms with Crippen molar-refractivity contribution in [3.63, 3.8) is 0 Å². The first-order chi connectivity index (χ1) is 8.39. The Balaban J connectivity index is 2.30. The molecule has 1 heterocycles. The van der Waals surface area contributed by atoms with Gasteiger partial charge in [-0.3, -0.25) is 4.79 Å². The van der Waals surface area contributed by atoms with Crippen LogP contribution in [0.4, 0.5) is 5.69 Å². The van der Waals surface area contributed by atoms with E-state index in [9.17, 15) is 4.79 Å². The highest BCUT2D eigenvalue weighted by Crippen LogP contribution is 2.26. The van der Waals surface area contributed by atoms with E-state index in [1.54, 1.807) is 0 Å². The molecule has 0 aliphatic carbocycles. The molecule has 3 nitrogen and oxygen atoms in total. The molecule has 1 fully saturated rings. The number of halogens is 1. The zero-order chi connectivity index (χ0) is 13.3. The Morgan fingerprint density at radius 2 is 2.11 bits per heavy atom. The van der Waals surface area contributed by atoms with E-state index in [4.69, 9.17) is 0 Å². The maximum atomic E-state index is 12.3. The SMILES string of the molecule is Cc1cc(Br)ccc1N1CCNC(C)(C)CC1=O. The molecule has 1 aromatic carbocycles. The van der Waals surface area contributed by atoms with Crippen LogP contribution in [-0.2, 0) is 4.79 Å². The van der Waals surface area contributed by atoms with E-state index < -0.39 is 0 Å². The molecule has 1 aliphatic rings. The number of hydrogen-bond donors (Lipinski definition) is 1. The first-order valence-electron chi connectivity index (χ1n) is 6.21. The summed E-state index contributed by atoms with van der Waals surface area (Å²) in [6.45, 7) is 7.74. The van der Waals surface area contributed by atoms with Crippen LogP contribution in [0.25, 0.3) is 0 Å². The highest BCUT2D eigenvalue weighted by atomic mass is 79.9. The zero-order valence-corrected chi connectivity index (χ0v) is 12.7. The van der Waals surface area contributed by atoms with Crippen LogP contribution in [0.15, 0.2) is 22.7 Å². The number of nitrogens with one attached hydrogen (secondary N) is 1. The van der Waals surface area contributed by atoms with Crippen LogP contribution in [0.2, 0.25) is 0 Å². The highest BCUT2D eigenvalue weighted by molar-refractivity contribution is 9.10. The van der Waals surface area contributed by atoms with E-state index in [2.05, 4.69) is 35.1 Å². The molecule has 0 unspecified atom stereocenters. The van der Waals surface area contributed by atoms with Gasteiger partial charge in [-0.2, -0.15) is 0 Å². The first-order valence-corrected chi connectivity index (χ1v) is 7.00. The van der Waals surface area contributed by atoms with Crippen LogP contribution in [-0.4, -0.2) is 24.5 Å². The van der Waals surface area contributed by atoms with Gasteiger partial charge in [0.05, 0.1) is 0 Å². The van der Waals surface area contributed by atoms with Crippen molar-refractivity contribution in [2.75, 3.05) is 18.0 Å². The minimum Gasteiger partial charge on any atom is -0.311 e. The van der Waals surface area contributed by atoms with E-state index >= 15 is 0 Å². The fourth-order valence-electron chi connectivity index (χ4n) is 2.34. The molecule has 1 N–H and O–H groups in total. The minimum atomic E-state index is -0.116. The third-order valence-electron chi connectivity index (χ3n) is 3.28. The molecule has 98 valence electrons. The van der Waals surface area contributed by atoms with E-state index in [0.29, 0.717) is 6.42 Å². The lowest BCUT2D eigenvalue weighted by molar-refractivity contribution is -0.119. The first kappa shape index (κ1) is 13.6. The van der Waals surface area contributed by atoms with E-state index in [1.807, 2.05) is 30.0 Å². The lowest BCUT2D eigenvalue weighted by atomic mass is 10.0. The molecule has 0 atom stereocenters. The number of nitrogens with zero attached hydrogens (tertiary/aromatic N) is 1. The maximum absolute atomic E-state index is 12.3. The van der Waals surface area contributed by atoms with Gasteiger partial charge in [0.25, 0.3) is 0 Å². The second-order valence-electron chi connectivity index (χ2n) is 5.46. The Morgan fingerprint density at radius 3 is 2.78 bits per heavy atom. The number of anilines is 1. The predicted molar refractivity (Wildman–Crippen MR) is 77.9 cm³/mol. The molecule has 0 radical (unpaired) electrons. The van der Waals surface area contributed by atoms with Crippen molar-refractivity contribution >= 4 is 27.5 Å². The summed E-state index contributed by atoms with van der Waals surface area (Å²) in [4.78, 5) is 14.2. The molecule has 1 aromatic rings. The second kappa shape index (κ2) is 5.02. The lowest BCUT2D eigenvalue weighted by Crippen LogP contribution is -2.39. The number of hydrogen-bond acceptors (Lipinski definition) is 2. The van der Waals surface area contributed by atoms with Crippen LogP contribution < -0.4 is 10.2 Å². The van der Waals surface area contributed by atoms with Gasteiger partial charge in [-0.25, -0.2) is 0 Å². The predicted octanol–water partition coefficient (Wildman–Crippen LogP) is 2.86. The molecule has 0 spiro atoms. The number of amides is 1. The summed E-state index contributed by atoms with van der Waals surface area (Å²) in [5, 5.41) is 3.41. The minimum absolute atomic E-state index is 0.116. The summed E-state index contributed by atoms with van der Waals surface area (Å²) < 4.78 is 1.05. The molecule has 4 heteroatoms. The Morgan fingerprint density at radius 1 is 1.39 bits per heavy atom. The van der Waals surface area contributed by atoms with Crippen molar-refractivity contribution in [2.24, 2.45) is 0 Å². The second-order valence-corrected chi connectivity index (χ2v) is 6.38. The van der Waals surface area contributed by atoms with Gasteiger partial charge in [0.2, 0.25) is 5.91 Å². The zero-order valence-electron chi connectivity index (χ0n) is 11.1. The van der Waals surface area contributed by atoms with Crippen LogP contribution in [0.5, 0.6) is 0 Å². The van der Waals surface area contributed by atoms with Crippen LogP contribution >= 0.6 is 15.9 Å². The van der Waals surface area contributed by atoms with Crippen molar-refractivity contribution < 1.29 is 4.79 Å². The third-order valence-corrected chi connectivity index (χ3v) is 3.78. The van der Waals surface area contributed by atoms with Gasteiger partial charge in [0, 0.05) is 35.2 Å². The lowest BCUT2D eigenvalue weighted by Gasteiger charge is -2.24. The largest absolute Gasteiger partial charge is 0.311 e. The van der Waals surface area contributed by atoms with Crippen molar-refractivity contribution in [2.45, 2.75) is 32.7 Å². The summed E-state index contributed by atoms with van der Waals surface area (Å²) in [6.07, 6.45) is 0.530. The third kappa shape index (κ3) is 2.93. The van der Waals surface area contributed by atoms with Gasteiger partial charge >= 0.3 is 0 Å². The van der Waals surface area contributed by atoms with Crippen LogP contribution in [0, 0.1) is 6.92 Å².